The molecule has 106 valence electrons. The Morgan fingerprint density at radius 3 is 1.50 bits per heavy atom. The van der Waals surface area contributed by atoms with Gasteiger partial charge >= 0.3 is 132 Å². The van der Waals surface area contributed by atoms with Crippen LogP contribution in [0.25, 0.3) is 0 Å². The van der Waals surface area contributed by atoms with Gasteiger partial charge in [0.1, 0.15) is 0 Å². The predicted octanol–water partition coefficient (Wildman–Crippen LogP) is 1.76. The van der Waals surface area contributed by atoms with Gasteiger partial charge in [-0.05, 0) is 0 Å². The normalized spacial score (nSPS) is 10.3. The molecule has 0 aromatic heterocycles. The average molecular weight is 400 g/mol. The van der Waals surface area contributed by atoms with Gasteiger partial charge in [0.05, 0.1) is 0 Å². The number of benzene rings is 2. The van der Waals surface area contributed by atoms with Crippen LogP contribution in [0.15, 0.2) is 48.5 Å². The van der Waals surface area contributed by atoms with E-state index in [9.17, 15) is 0 Å². The van der Waals surface area contributed by atoms with Crippen molar-refractivity contribution < 1.29 is 9.47 Å². The Balaban J connectivity index is 2.09. The van der Waals surface area contributed by atoms with E-state index in [1.54, 1.807) is 0 Å². The summed E-state index contributed by atoms with van der Waals surface area (Å²) in [5.41, 5.74) is 0. The van der Waals surface area contributed by atoms with E-state index in [1.165, 1.54) is 8.92 Å². The number of para-hydroxylation sites is 2. The van der Waals surface area contributed by atoms with Crippen LogP contribution in [0, 0.1) is 0 Å². The zero-order valence-corrected chi connectivity index (χ0v) is 15.1. The maximum atomic E-state index is 5.70. The van der Waals surface area contributed by atoms with E-state index < -0.39 is 0 Å². The number of rotatable bonds is 7. The molecule has 0 bridgehead atoms. The van der Waals surface area contributed by atoms with Crippen LogP contribution in [0.4, 0.5) is 0 Å². The first-order chi connectivity index (χ1) is 9.85. The Morgan fingerprint density at radius 1 is 0.700 bits per heavy atom. The molecule has 0 amide bonds. The van der Waals surface area contributed by atoms with Crippen LogP contribution in [-0.2, 0) is 0 Å². The molecular formula is C16H18O2Se2. The molecule has 0 aliphatic heterocycles. The first kappa shape index (κ1) is 15.5. The van der Waals surface area contributed by atoms with E-state index in [4.69, 9.17) is 9.47 Å². The molecular weight excluding hydrogens is 382 g/mol. The molecule has 0 fully saturated rings. The fourth-order valence-corrected chi connectivity index (χ4v) is 8.45. The van der Waals surface area contributed by atoms with Crippen molar-refractivity contribution >= 4 is 35.2 Å². The van der Waals surface area contributed by atoms with Gasteiger partial charge in [0.15, 0.2) is 0 Å². The summed E-state index contributed by atoms with van der Waals surface area (Å²) in [4.78, 5) is 0. The second-order valence-electron chi connectivity index (χ2n) is 3.93. The molecule has 0 aliphatic carbocycles. The Morgan fingerprint density at radius 2 is 1.10 bits per heavy atom. The summed E-state index contributed by atoms with van der Waals surface area (Å²) in [6.07, 6.45) is 0. The minimum atomic E-state index is 0.409. The Labute approximate surface area is 131 Å². The predicted molar refractivity (Wildman–Crippen MR) is 86.0 cm³/mol. The Kier molecular flexibility index (Phi) is 6.48. The van der Waals surface area contributed by atoms with E-state index in [-0.39, 0.29) is 0 Å². The standard InChI is InChI=1S/C16H18O2Se2/c1-3-17-13-9-5-7-11-15(13)19-20-16-12-8-6-10-14(16)18-4-2/h5-12H,3-4H2,1-2H3. The molecule has 0 heterocycles. The van der Waals surface area contributed by atoms with Gasteiger partial charge in [-0.1, -0.05) is 0 Å². The summed E-state index contributed by atoms with van der Waals surface area (Å²) >= 11 is 0.817. The van der Waals surface area contributed by atoms with Gasteiger partial charge in [0.2, 0.25) is 0 Å². The molecule has 2 aromatic carbocycles. The fourth-order valence-electron chi connectivity index (χ4n) is 1.68. The molecule has 2 rings (SSSR count). The second kappa shape index (κ2) is 8.38. The second-order valence-corrected chi connectivity index (χ2v) is 10.1. The van der Waals surface area contributed by atoms with Gasteiger partial charge in [-0.2, -0.15) is 0 Å². The average Bonchev–Trinajstić information content (AvgIpc) is 2.48. The maximum absolute atomic E-state index is 5.70. The van der Waals surface area contributed by atoms with Crippen molar-refractivity contribution in [3.8, 4) is 11.5 Å². The molecule has 0 atom stereocenters. The third-order valence-corrected chi connectivity index (χ3v) is 9.69. The van der Waals surface area contributed by atoms with Crippen LogP contribution in [0.2, 0.25) is 0 Å². The number of hydrogen-bond acceptors (Lipinski definition) is 2. The molecule has 2 aromatic rings. The van der Waals surface area contributed by atoms with Crippen molar-refractivity contribution in [2.24, 2.45) is 0 Å². The molecule has 0 aliphatic rings. The van der Waals surface area contributed by atoms with E-state index in [1.807, 2.05) is 26.0 Å². The molecule has 0 saturated carbocycles. The van der Waals surface area contributed by atoms with Crippen LogP contribution in [-0.4, -0.2) is 39.5 Å². The summed E-state index contributed by atoms with van der Waals surface area (Å²) in [6, 6.07) is 16.7. The van der Waals surface area contributed by atoms with Crippen molar-refractivity contribution in [3.05, 3.63) is 48.5 Å². The van der Waals surface area contributed by atoms with Crippen molar-refractivity contribution in [2.75, 3.05) is 13.2 Å². The quantitative estimate of drug-likeness (QED) is 0.660. The molecule has 2 nitrogen and oxygen atoms in total. The van der Waals surface area contributed by atoms with Gasteiger partial charge in [-0.3, -0.25) is 0 Å². The molecule has 0 saturated heterocycles. The molecule has 0 spiro atoms. The van der Waals surface area contributed by atoms with Crippen molar-refractivity contribution in [3.63, 3.8) is 0 Å². The van der Waals surface area contributed by atoms with E-state index >= 15 is 0 Å². The van der Waals surface area contributed by atoms with Crippen LogP contribution in [0.5, 0.6) is 11.5 Å². The number of hydrogen-bond donors (Lipinski definition) is 0. The summed E-state index contributed by atoms with van der Waals surface area (Å²) < 4.78 is 14.1. The Hall–Kier alpha value is -0.921. The van der Waals surface area contributed by atoms with Gasteiger partial charge in [0.25, 0.3) is 0 Å². The zero-order chi connectivity index (χ0) is 14.2. The summed E-state index contributed by atoms with van der Waals surface area (Å²) in [6.45, 7) is 5.49. The summed E-state index contributed by atoms with van der Waals surface area (Å²) in [5.74, 6) is 2.07. The Bertz CT molecular complexity index is 494. The topological polar surface area (TPSA) is 18.5 Å². The first-order valence-corrected chi connectivity index (χ1v) is 12.7. The van der Waals surface area contributed by atoms with Crippen molar-refractivity contribution in [1.29, 1.82) is 0 Å². The first-order valence-electron chi connectivity index (χ1n) is 6.63. The van der Waals surface area contributed by atoms with Gasteiger partial charge in [-0.25, -0.2) is 0 Å². The van der Waals surface area contributed by atoms with E-state index in [0.717, 1.165) is 24.7 Å². The molecule has 0 radical (unpaired) electrons. The van der Waals surface area contributed by atoms with Crippen molar-refractivity contribution in [2.45, 2.75) is 13.8 Å². The van der Waals surface area contributed by atoms with E-state index in [0.29, 0.717) is 26.3 Å². The van der Waals surface area contributed by atoms with Crippen LogP contribution in [0.1, 0.15) is 13.8 Å². The monoisotopic (exact) mass is 402 g/mol. The van der Waals surface area contributed by atoms with Gasteiger partial charge in [-0.15, -0.1) is 0 Å². The van der Waals surface area contributed by atoms with E-state index in [2.05, 4.69) is 36.4 Å². The minimum absolute atomic E-state index is 0.409. The SMILES string of the molecule is CCOc1ccccc1[Se][Se]c1ccccc1OCC. The van der Waals surface area contributed by atoms with Gasteiger partial charge in [0, 0.05) is 0 Å². The van der Waals surface area contributed by atoms with Crippen LogP contribution in [0.3, 0.4) is 0 Å². The molecule has 4 heteroatoms. The number of ether oxygens (including phenoxy) is 2. The molecule has 0 unspecified atom stereocenters. The third kappa shape index (κ3) is 4.29. The zero-order valence-electron chi connectivity index (χ0n) is 11.7. The molecule has 0 N–H and O–H groups in total. The van der Waals surface area contributed by atoms with Gasteiger partial charge < -0.3 is 0 Å². The fraction of sp³-hybridized carbons (Fsp3) is 0.250. The third-order valence-electron chi connectivity index (χ3n) is 2.52. The van der Waals surface area contributed by atoms with Crippen LogP contribution >= 0.6 is 0 Å². The molecule has 20 heavy (non-hydrogen) atoms. The van der Waals surface area contributed by atoms with Crippen LogP contribution < -0.4 is 18.4 Å². The summed E-state index contributed by atoms with van der Waals surface area (Å²) in [7, 11) is 0. The van der Waals surface area contributed by atoms with Crippen molar-refractivity contribution in [1.82, 2.24) is 0 Å². The summed E-state index contributed by atoms with van der Waals surface area (Å²) in [5, 5.41) is 0.